The molecule has 0 aliphatic heterocycles. The van der Waals surface area contributed by atoms with Gasteiger partial charge in [-0.05, 0) is 30.4 Å². The van der Waals surface area contributed by atoms with Crippen molar-refractivity contribution in [2.45, 2.75) is 25.8 Å². The quantitative estimate of drug-likeness (QED) is 0.659. The second kappa shape index (κ2) is 5.42. The number of unbranched alkanes of at least 4 members (excludes halogenated alkanes) is 2. The van der Waals surface area contributed by atoms with Crippen molar-refractivity contribution in [3.63, 3.8) is 0 Å². The molecule has 2 N–H and O–H groups in total. The van der Waals surface area contributed by atoms with Crippen molar-refractivity contribution < 1.29 is 0 Å². The number of hydrogen-bond acceptors (Lipinski definition) is 2. The Hall–Kier alpha value is -2.21. The predicted octanol–water partition coefficient (Wildman–Crippen LogP) is 2.39. The number of anilines is 1. The summed E-state index contributed by atoms with van der Waals surface area (Å²) in [6, 6.07) is 9.34. The lowest BCUT2D eigenvalue weighted by molar-refractivity contribution is 0.611. The summed E-state index contributed by atoms with van der Waals surface area (Å²) in [5, 5.41) is 1.60. The van der Waals surface area contributed by atoms with E-state index in [1.807, 2.05) is 30.3 Å². The second-order valence-electron chi connectivity index (χ2n) is 4.27. The van der Waals surface area contributed by atoms with Crippen LogP contribution in [0, 0.1) is 12.3 Å². The predicted molar refractivity (Wildman–Crippen MR) is 75.3 cm³/mol. The lowest BCUT2D eigenvalue weighted by atomic mass is 10.1. The first kappa shape index (κ1) is 12.3. The van der Waals surface area contributed by atoms with Crippen molar-refractivity contribution in [3.05, 3.63) is 40.7 Å². The molecule has 2 rings (SSSR count). The Morgan fingerprint density at radius 3 is 2.83 bits per heavy atom. The fourth-order valence-corrected chi connectivity index (χ4v) is 2.05. The summed E-state index contributed by atoms with van der Waals surface area (Å²) >= 11 is 0. The van der Waals surface area contributed by atoms with Crippen molar-refractivity contribution in [1.29, 1.82) is 0 Å². The van der Waals surface area contributed by atoms with E-state index in [1.165, 1.54) is 0 Å². The molecule has 0 aliphatic rings. The molecule has 1 aromatic carbocycles. The highest BCUT2D eigenvalue weighted by atomic mass is 16.1. The molecule has 1 heterocycles. The molecule has 0 unspecified atom stereocenters. The van der Waals surface area contributed by atoms with Gasteiger partial charge in [0.2, 0.25) is 0 Å². The molecule has 92 valence electrons. The molecular formula is C15H16N2O. The number of fused-ring (bicyclic) bond motifs is 1. The van der Waals surface area contributed by atoms with E-state index in [9.17, 15) is 4.79 Å². The maximum Gasteiger partial charge on any atom is 0.259 e. The van der Waals surface area contributed by atoms with Crippen molar-refractivity contribution in [2.75, 3.05) is 5.73 Å². The summed E-state index contributed by atoms with van der Waals surface area (Å²) < 4.78 is 1.62. The third-order valence-corrected chi connectivity index (χ3v) is 3.00. The Morgan fingerprint density at radius 1 is 1.28 bits per heavy atom. The summed E-state index contributed by atoms with van der Waals surface area (Å²) in [6.07, 6.45) is 7.72. The average molecular weight is 240 g/mol. The van der Waals surface area contributed by atoms with Crippen LogP contribution >= 0.6 is 0 Å². The van der Waals surface area contributed by atoms with Crippen molar-refractivity contribution >= 4 is 16.6 Å². The smallest absolute Gasteiger partial charge is 0.259 e. The Bertz CT molecular complexity index is 650. The lowest BCUT2D eigenvalue weighted by Gasteiger charge is -2.10. The number of nitrogens with zero attached hydrogens (tertiary/aromatic N) is 1. The average Bonchev–Trinajstić information content (AvgIpc) is 2.38. The van der Waals surface area contributed by atoms with Gasteiger partial charge in [-0.25, -0.2) is 0 Å². The van der Waals surface area contributed by atoms with Gasteiger partial charge in [-0.15, -0.1) is 12.3 Å². The number of aromatic nitrogens is 1. The highest BCUT2D eigenvalue weighted by Gasteiger charge is 2.05. The fourth-order valence-electron chi connectivity index (χ4n) is 2.05. The van der Waals surface area contributed by atoms with Crippen LogP contribution in [-0.2, 0) is 6.54 Å². The molecule has 0 bridgehead atoms. The van der Waals surface area contributed by atoms with E-state index in [0.29, 0.717) is 17.7 Å². The summed E-state index contributed by atoms with van der Waals surface area (Å²) in [6.45, 7) is 0.622. The number of rotatable bonds is 4. The normalized spacial score (nSPS) is 10.4. The van der Waals surface area contributed by atoms with Crippen LogP contribution in [0.5, 0.6) is 0 Å². The third kappa shape index (κ3) is 2.38. The zero-order valence-corrected chi connectivity index (χ0v) is 10.2. The van der Waals surface area contributed by atoms with Crippen molar-refractivity contribution in [3.8, 4) is 12.3 Å². The van der Waals surface area contributed by atoms with Crippen LogP contribution in [0.2, 0.25) is 0 Å². The van der Waals surface area contributed by atoms with Gasteiger partial charge in [-0.3, -0.25) is 9.36 Å². The van der Waals surface area contributed by atoms with Crippen LogP contribution in [0.15, 0.2) is 35.1 Å². The highest BCUT2D eigenvalue weighted by Crippen LogP contribution is 2.13. The number of hydrogen-bond donors (Lipinski definition) is 1. The van der Waals surface area contributed by atoms with E-state index in [2.05, 4.69) is 5.92 Å². The maximum atomic E-state index is 12.3. The summed E-state index contributed by atoms with van der Waals surface area (Å²) in [5.74, 6) is 3.11. The highest BCUT2D eigenvalue weighted by molar-refractivity contribution is 5.83. The molecule has 3 nitrogen and oxygen atoms in total. The van der Waals surface area contributed by atoms with Crippen molar-refractivity contribution in [2.24, 2.45) is 0 Å². The first-order valence-electron chi connectivity index (χ1n) is 6.05. The first-order chi connectivity index (χ1) is 8.74. The fraction of sp³-hybridized carbons (Fsp3) is 0.267. The van der Waals surface area contributed by atoms with Crippen LogP contribution in [0.4, 0.5) is 5.82 Å². The van der Waals surface area contributed by atoms with Crippen LogP contribution in [0.3, 0.4) is 0 Å². The van der Waals surface area contributed by atoms with E-state index >= 15 is 0 Å². The van der Waals surface area contributed by atoms with Crippen molar-refractivity contribution in [1.82, 2.24) is 4.57 Å². The zero-order valence-electron chi connectivity index (χ0n) is 10.2. The molecule has 0 atom stereocenters. The number of terminal acetylenes is 1. The Morgan fingerprint density at radius 2 is 2.06 bits per heavy atom. The molecule has 1 aromatic heterocycles. The van der Waals surface area contributed by atoms with Crippen LogP contribution in [0.1, 0.15) is 19.3 Å². The van der Waals surface area contributed by atoms with Gasteiger partial charge in [-0.2, -0.15) is 0 Å². The Balaban J connectivity index is 2.33. The second-order valence-corrected chi connectivity index (χ2v) is 4.27. The molecule has 0 aliphatic carbocycles. The number of benzene rings is 1. The van der Waals surface area contributed by atoms with E-state index in [-0.39, 0.29) is 5.56 Å². The van der Waals surface area contributed by atoms with Gasteiger partial charge < -0.3 is 5.73 Å². The standard InChI is InChI=1S/C15H16N2O/c1-2-3-4-7-10-17-14(16)11-12-8-5-6-9-13(12)15(17)18/h1,5-6,8-9,11H,3-4,7,10,16H2. The van der Waals surface area contributed by atoms with Gasteiger partial charge in [0.05, 0.1) is 0 Å². The number of nitrogen functional groups attached to an aromatic ring is 1. The molecular weight excluding hydrogens is 224 g/mol. The molecule has 0 fully saturated rings. The summed E-state index contributed by atoms with van der Waals surface area (Å²) in [4.78, 5) is 12.3. The van der Waals surface area contributed by atoms with Crippen LogP contribution in [0.25, 0.3) is 10.8 Å². The summed E-state index contributed by atoms with van der Waals surface area (Å²) in [7, 11) is 0. The maximum absolute atomic E-state index is 12.3. The molecule has 0 saturated heterocycles. The van der Waals surface area contributed by atoms with Gasteiger partial charge in [-0.1, -0.05) is 18.2 Å². The molecule has 0 amide bonds. The summed E-state index contributed by atoms with van der Waals surface area (Å²) in [5.41, 5.74) is 5.90. The monoisotopic (exact) mass is 240 g/mol. The molecule has 18 heavy (non-hydrogen) atoms. The number of nitrogens with two attached hydrogens (primary N) is 1. The van der Waals surface area contributed by atoms with Gasteiger partial charge >= 0.3 is 0 Å². The third-order valence-electron chi connectivity index (χ3n) is 3.00. The van der Waals surface area contributed by atoms with E-state index < -0.39 is 0 Å². The molecule has 0 saturated carbocycles. The Kier molecular flexibility index (Phi) is 3.69. The molecule has 2 aromatic rings. The van der Waals surface area contributed by atoms with Gasteiger partial charge in [0, 0.05) is 18.4 Å². The first-order valence-corrected chi connectivity index (χ1v) is 6.05. The minimum absolute atomic E-state index is 0.0219. The SMILES string of the molecule is C#CCCCCn1c(N)cc2ccccc2c1=O. The van der Waals surface area contributed by atoms with Gasteiger partial charge in [0.15, 0.2) is 0 Å². The van der Waals surface area contributed by atoms with E-state index in [0.717, 1.165) is 24.6 Å². The molecule has 3 heteroatoms. The largest absolute Gasteiger partial charge is 0.385 e. The van der Waals surface area contributed by atoms with Gasteiger partial charge in [0.1, 0.15) is 5.82 Å². The molecule has 0 radical (unpaired) electrons. The van der Waals surface area contributed by atoms with Gasteiger partial charge in [0.25, 0.3) is 5.56 Å². The zero-order chi connectivity index (χ0) is 13.0. The van der Waals surface area contributed by atoms with E-state index in [4.69, 9.17) is 12.2 Å². The Labute approximate surface area is 106 Å². The number of pyridine rings is 1. The minimum atomic E-state index is -0.0219. The van der Waals surface area contributed by atoms with Crippen LogP contribution < -0.4 is 11.3 Å². The lowest BCUT2D eigenvalue weighted by Crippen LogP contribution is -2.23. The van der Waals surface area contributed by atoms with E-state index in [1.54, 1.807) is 4.57 Å². The van der Waals surface area contributed by atoms with Crippen LogP contribution in [-0.4, -0.2) is 4.57 Å². The minimum Gasteiger partial charge on any atom is -0.385 e. The molecule has 0 spiro atoms. The topological polar surface area (TPSA) is 48.0 Å².